The maximum absolute atomic E-state index is 12.6. The topological polar surface area (TPSA) is 77.3 Å². The number of nitrogens with zero attached hydrogens (tertiary/aromatic N) is 4. The summed E-state index contributed by atoms with van der Waals surface area (Å²) in [5, 5.41) is 4.06. The number of alkyl halides is 3. The summed E-state index contributed by atoms with van der Waals surface area (Å²) in [4.78, 5) is 30.6. The van der Waals surface area contributed by atoms with Crippen LogP contribution in [-0.2, 0) is 24.2 Å². The average molecular weight is 402 g/mol. The van der Waals surface area contributed by atoms with Crippen LogP contribution in [0.2, 0.25) is 0 Å². The van der Waals surface area contributed by atoms with E-state index in [2.05, 4.69) is 10.1 Å². The molecule has 3 heterocycles. The number of fused-ring (bicyclic) bond motifs is 1. The second kappa shape index (κ2) is 7.67. The standard InChI is InChI=1S/C16H17F3N4O3S/c1-2-26-15(25)13-10-8-22(14(24)12-7-20-9-27-12)5-3-11(10)23(21-13)6-4-16(17,18)19/h7,9H,2-6,8H2,1H3. The van der Waals surface area contributed by atoms with Gasteiger partial charge in [-0.05, 0) is 6.92 Å². The lowest BCUT2D eigenvalue weighted by molar-refractivity contribution is -0.137. The summed E-state index contributed by atoms with van der Waals surface area (Å²) in [5.41, 5.74) is 2.49. The highest BCUT2D eigenvalue weighted by molar-refractivity contribution is 7.11. The van der Waals surface area contributed by atoms with E-state index in [4.69, 9.17) is 4.74 Å². The van der Waals surface area contributed by atoms with Crippen LogP contribution in [0.4, 0.5) is 13.2 Å². The first-order valence-corrected chi connectivity index (χ1v) is 9.18. The quantitative estimate of drug-likeness (QED) is 0.719. The van der Waals surface area contributed by atoms with Crippen LogP contribution in [0.15, 0.2) is 11.7 Å². The van der Waals surface area contributed by atoms with Crippen molar-refractivity contribution in [3.05, 3.63) is 33.5 Å². The molecule has 1 aliphatic rings. The molecule has 0 atom stereocenters. The van der Waals surface area contributed by atoms with Gasteiger partial charge in [-0.3, -0.25) is 14.5 Å². The number of aromatic nitrogens is 3. The minimum absolute atomic E-state index is 0.0316. The summed E-state index contributed by atoms with van der Waals surface area (Å²) in [6.45, 7) is 1.78. The van der Waals surface area contributed by atoms with Gasteiger partial charge < -0.3 is 9.64 Å². The number of rotatable bonds is 5. The molecule has 1 aliphatic heterocycles. The van der Waals surface area contributed by atoms with E-state index in [9.17, 15) is 22.8 Å². The van der Waals surface area contributed by atoms with Crippen LogP contribution < -0.4 is 0 Å². The summed E-state index contributed by atoms with van der Waals surface area (Å²) < 4.78 is 44.0. The van der Waals surface area contributed by atoms with Crippen molar-refractivity contribution in [1.82, 2.24) is 19.7 Å². The summed E-state index contributed by atoms with van der Waals surface area (Å²) >= 11 is 1.20. The van der Waals surface area contributed by atoms with E-state index in [1.807, 2.05) is 0 Å². The molecule has 0 fully saturated rings. The third-order valence-electron chi connectivity index (χ3n) is 4.14. The highest BCUT2D eigenvalue weighted by Crippen LogP contribution is 2.27. The molecule has 0 bridgehead atoms. The lowest BCUT2D eigenvalue weighted by Crippen LogP contribution is -2.36. The predicted octanol–water partition coefficient (Wildman–Crippen LogP) is 2.67. The monoisotopic (exact) mass is 402 g/mol. The minimum atomic E-state index is -4.33. The molecule has 146 valence electrons. The summed E-state index contributed by atoms with van der Waals surface area (Å²) in [6.07, 6.45) is -3.61. The Kier molecular flexibility index (Phi) is 5.49. The molecule has 0 saturated carbocycles. The molecule has 3 rings (SSSR count). The highest BCUT2D eigenvalue weighted by Gasteiger charge is 2.33. The number of carbonyl (C=O) groups excluding carboxylic acids is 2. The summed E-state index contributed by atoms with van der Waals surface area (Å²) in [5.74, 6) is -0.937. The lowest BCUT2D eigenvalue weighted by Gasteiger charge is -2.27. The van der Waals surface area contributed by atoms with Crippen LogP contribution in [0.1, 0.15) is 44.8 Å². The molecular weight excluding hydrogens is 385 g/mol. The third-order valence-corrected chi connectivity index (χ3v) is 4.90. The summed E-state index contributed by atoms with van der Waals surface area (Å²) in [7, 11) is 0. The molecule has 0 aromatic carbocycles. The molecule has 0 aliphatic carbocycles. The Labute approximate surface area is 156 Å². The molecule has 2 aromatic rings. The van der Waals surface area contributed by atoms with Crippen LogP contribution in [0.5, 0.6) is 0 Å². The van der Waals surface area contributed by atoms with Crippen molar-refractivity contribution in [2.24, 2.45) is 0 Å². The van der Waals surface area contributed by atoms with Crippen LogP contribution in [0, 0.1) is 0 Å². The van der Waals surface area contributed by atoms with Crippen molar-refractivity contribution in [1.29, 1.82) is 0 Å². The van der Waals surface area contributed by atoms with Crippen molar-refractivity contribution in [3.63, 3.8) is 0 Å². The SMILES string of the molecule is CCOC(=O)c1nn(CCC(F)(F)F)c2c1CN(C(=O)c1cncs1)CC2. The number of esters is 1. The Bertz CT molecular complexity index is 833. The zero-order chi connectivity index (χ0) is 19.6. The van der Waals surface area contributed by atoms with Crippen LogP contribution >= 0.6 is 11.3 Å². The third kappa shape index (κ3) is 4.29. The second-order valence-corrected chi connectivity index (χ2v) is 6.81. The highest BCUT2D eigenvalue weighted by atomic mass is 32.1. The van der Waals surface area contributed by atoms with E-state index in [-0.39, 0.29) is 31.3 Å². The van der Waals surface area contributed by atoms with Gasteiger partial charge in [0.15, 0.2) is 5.69 Å². The number of aryl methyl sites for hydroxylation is 1. The van der Waals surface area contributed by atoms with Crippen molar-refractivity contribution < 1.29 is 27.5 Å². The first-order chi connectivity index (χ1) is 12.8. The molecule has 2 aromatic heterocycles. The Balaban J connectivity index is 1.89. The number of hydrogen-bond donors (Lipinski definition) is 0. The Morgan fingerprint density at radius 2 is 2.15 bits per heavy atom. The maximum Gasteiger partial charge on any atom is 0.390 e. The first-order valence-electron chi connectivity index (χ1n) is 8.30. The van der Waals surface area contributed by atoms with Gasteiger partial charge in [0.05, 0.1) is 31.3 Å². The van der Waals surface area contributed by atoms with Gasteiger partial charge in [0.25, 0.3) is 5.91 Å². The van der Waals surface area contributed by atoms with Gasteiger partial charge in [0, 0.05) is 30.8 Å². The Morgan fingerprint density at radius 1 is 1.37 bits per heavy atom. The minimum Gasteiger partial charge on any atom is -0.461 e. The van der Waals surface area contributed by atoms with Crippen LogP contribution in [-0.4, -0.2) is 50.9 Å². The van der Waals surface area contributed by atoms with Crippen molar-refractivity contribution in [2.45, 2.75) is 39.0 Å². The van der Waals surface area contributed by atoms with Crippen molar-refractivity contribution in [2.75, 3.05) is 13.2 Å². The fourth-order valence-corrected chi connectivity index (χ4v) is 3.51. The molecule has 0 radical (unpaired) electrons. The van der Waals surface area contributed by atoms with E-state index < -0.39 is 18.6 Å². The van der Waals surface area contributed by atoms with Gasteiger partial charge in [-0.25, -0.2) is 4.79 Å². The van der Waals surface area contributed by atoms with Crippen molar-refractivity contribution >= 4 is 23.2 Å². The van der Waals surface area contributed by atoms with Gasteiger partial charge in [0.2, 0.25) is 0 Å². The maximum atomic E-state index is 12.6. The van der Waals surface area contributed by atoms with Gasteiger partial charge in [-0.15, -0.1) is 11.3 Å². The molecular formula is C16H17F3N4O3S. The number of ether oxygens (including phenoxy) is 1. The second-order valence-electron chi connectivity index (χ2n) is 5.93. The fourth-order valence-electron chi connectivity index (χ4n) is 2.92. The molecule has 0 saturated heterocycles. The van der Waals surface area contributed by atoms with E-state index >= 15 is 0 Å². The predicted molar refractivity (Wildman–Crippen MR) is 89.4 cm³/mol. The zero-order valence-electron chi connectivity index (χ0n) is 14.5. The number of amides is 1. The van der Waals surface area contributed by atoms with Gasteiger partial charge in [0.1, 0.15) is 4.88 Å². The summed E-state index contributed by atoms with van der Waals surface area (Å²) in [6, 6.07) is 0. The lowest BCUT2D eigenvalue weighted by atomic mass is 10.0. The Hall–Kier alpha value is -2.43. The van der Waals surface area contributed by atoms with Gasteiger partial charge in [-0.2, -0.15) is 18.3 Å². The molecule has 0 N–H and O–H groups in total. The number of thiazole rings is 1. The normalized spacial score (nSPS) is 14.1. The molecule has 0 unspecified atom stereocenters. The number of hydrogen-bond acceptors (Lipinski definition) is 6. The van der Waals surface area contributed by atoms with Gasteiger partial charge in [-0.1, -0.05) is 0 Å². The number of halogens is 3. The molecule has 0 spiro atoms. The Morgan fingerprint density at radius 3 is 2.78 bits per heavy atom. The smallest absolute Gasteiger partial charge is 0.390 e. The molecule has 11 heteroatoms. The van der Waals surface area contributed by atoms with Crippen molar-refractivity contribution in [3.8, 4) is 0 Å². The van der Waals surface area contributed by atoms with E-state index in [0.717, 1.165) is 0 Å². The molecule has 1 amide bonds. The molecule has 27 heavy (non-hydrogen) atoms. The van der Waals surface area contributed by atoms with E-state index in [0.29, 0.717) is 29.1 Å². The van der Waals surface area contributed by atoms with Gasteiger partial charge >= 0.3 is 12.1 Å². The first kappa shape index (κ1) is 19.3. The van der Waals surface area contributed by atoms with Crippen LogP contribution in [0.3, 0.4) is 0 Å². The number of carbonyl (C=O) groups is 2. The average Bonchev–Trinajstić information content (AvgIpc) is 3.26. The van der Waals surface area contributed by atoms with E-state index in [1.54, 1.807) is 12.4 Å². The zero-order valence-corrected chi connectivity index (χ0v) is 15.3. The fraction of sp³-hybridized carbons (Fsp3) is 0.500. The molecule has 7 nitrogen and oxygen atoms in total. The van der Waals surface area contributed by atoms with E-state index in [1.165, 1.54) is 27.1 Å². The van der Waals surface area contributed by atoms with Crippen LogP contribution in [0.25, 0.3) is 0 Å². The largest absolute Gasteiger partial charge is 0.461 e.